The summed E-state index contributed by atoms with van der Waals surface area (Å²) >= 11 is 2.80. The molecule has 0 aliphatic rings. The first-order chi connectivity index (χ1) is 11.1. The van der Waals surface area contributed by atoms with Gasteiger partial charge in [0.05, 0.1) is 12.0 Å². The van der Waals surface area contributed by atoms with Crippen LogP contribution in [0.2, 0.25) is 0 Å². The lowest BCUT2D eigenvalue weighted by Gasteiger charge is -1.97. The number of rotatable bonds is 5. The summed E-state index contributed by atoms with van der Waals surface area (Å²) in [4.78, 5) is 21.4. The quantitative estimate of drug-likeness (QED) is 0.434. The lowest BCUT2D eigenvalue weighted by atomic mass is 10.4. The standard InChI is InChI=1S/C14H14N6OS2/c1-9-6-10(2)20-13(16-9)17-14(19-20)23-8-12(21)18-15-7-11-4-3-5-22-11/h3-7H,8H2,1-2H3,(H,18,21)/b15-7-. The molecule has 0 unspecified atom stereocenters. The predicted octanol–water partition coefficient (Wildman–Crippen LogP) is 2.05. The third-order valence-electron chi connectivity index (χ3n) is 2.86. The summed E-state index contributed by atoms with van der Waals surface area (Å²) in [6.45, 7) is 3.85. The van der Waals surface area contributed by atoms with E-state index >= 15 is 0 Å². The van der Waals surface area contributed by atoms with E-state index in [4.69, 9.17) is 0 Å². The highest BCUT2D eigenvalue weighted by Crippen LogP contribution is 2.15. The number of aromatic nitrogens is 4. The molecule has 0 saturated heterocycles. The number of nitrogens with zero attached hydrogens (tertiary/aromatic N) is 5. The van der Waals surface area contributed by atoms with E-state index in [1.807, 2.05) is 37.4 Å². The Kier molecular flexibility index (Phi) is 4.68. The zero-order valence-corrected chi connectivity index (χ0v) is 14.2. The first kappa shape index (κ1) is 15.6. The van der Waals surface area contributed by atoms with Crippen LogP contribution < -0.4 is 5.43 Å². The van der Waals surface area contributed by atoms with Crippen LogP contribution >= 0.6 is 23.1 Å². The van der Waals surface area contributed by atoms with Crippen LogP contribution in [0.25, 0.3) is 5.78 Å². The normalized spacial score (nSPS) is 11.4. The van der Waals surface area contributed by atoms with Gasteiger partial charge in [0.2, 0.25) is 5.16 Å². The molecule has 0 aliphatic heterocycles. The average Bonchev–Trinajstić information content (AvgIpc) is 3.14. The number of hydrogen-bond donors (Lipinski definition) is 1. The molecule has 3 rings (SSSR count). The Morgan fingerprint density at radius 1 is 1.48 bits per heavy atom. The van der Waals surface area contributed by atoms with Gasteiger partial charge in [-0.3, -0.25) is 4.79 Å². The molecule has 0 bridgehead atoms. The average molecular weight is 346 g/mol. The Balaban J connectivity index is 1.57. The molecule has 7 nitrogen and oxygen atoms in total. The fourth-order valence-corrected chi connectivity index (χ4v) is 3.10. The molecule has 9 heteroatoms. The maximum atomic E-state index is 11.8. The summed E-state index contributed by atoms with van der Waals surface area (Å²) < 4.78 is 1.67. The number of carbonyl (C=O) groups is 1. The van der Waals surface area contributed by atoms with E-state index in [1.54, 1.807) is 22.1 Å². The predicted molar refractivity (Wildman–Crippen MR) is 91.0 cm³/mol. The second-order valence-corrected chi connectivity index (χ2v) is 6.66. The molecule has 23 heavy (non-hydrogen) atoms. The molecule has 0 radical (unpaired) electrons. The Labute approximate surface area is 140 Å². The van der Waals surface area contributed by atoms with Crippen LogP contribution in [0.1, 0.15) is 16.3 Å². The topological polar surface area (TPSA) is 84.5 Å². The minimum absolute atomic E-state index is 0.191. The van der Waals surface area contributed by atoms with Gasteiger partial charge in [-0.2, -0.15) is 10.1 Å². The molecule has 118 valence electrons. The van der Waals surface area contributed by atoms with E-state index in [2.05, 4.69) is 25.6 Å². The number of hydrogen-bond acceptors (Lipinski definition) is 7. The number of carbonyl (C=O) groups excluding carboxylic acids is 1. The molecule has 0 spiro atoms. The second-order valence-electron chi connectivity index (χ2n) is 4.74. The first-order valence-electron chi connectivity index (χ1n) is 6.81. The summed E-state index contributed by atoms with van der Waals surface area (Å²) in [6, 6.07) is 5.78. The van der Waals surface area contributed by atoms with Crippen LogP contribution in [0, 0.1) is 13.8 Å². The number of thiophene rings is 1. The number of hydrazone groups is 1. The molecule has 1 amide bonds. The van der Waals surface area contributed by atoms with Gasteiger partial charge < -0.3 is 0 Å². The van der Waals surface area contributed by atoms with Gasteiger partial charge >= 0.3 is 0 Å². The SMILES string of the molecule is Cc1cc(C)n2nc(SCC(=O)N/N=C\c3cccs3)nc2n1. The summed E-state index contributed by atoms with van der Waals surface area (Å²) in [7, 11) is 0. The molecule has 0 aliphatic carbocycles. The maximum Gasteiger partial charge on any atom is 0.253 e. The molecule has 0 fully saturated rings. The van der Waals surface area contributed by atoms with Crippen LogP contribution in [0.5, 0.6) is 0 Å². The van der Waals surface area contributed by atoms with E-state index in [1.165, 1.54) is 11.8 Å². The third kappa shape index (κ3) is 3.93. The molecule has 3 heterocycles. The summed E-state index contributed by atoms with van der Waals surface area (Å²) in [6.07, 6.45) is 1.62. The third-order valence-corrected chi connectivity index (χ3v) is 4.50. The van der Waals surface area contributed by atoms with Crippen LogP contribution in [0.15, 0.2) is 33.8 Å². The van der Waals surface area contributed by atoms with Gasteiger partial charge in [0, 0.05) is 16.3 Å². The number of thioether (sulfide) groups is 1. The largest absolute Gasteiger partial charge is 0.272 e. The van der Waals surface area contributed by atoms with E-state index in [0.29, 0.717) is 10.9 Å². The van der Waals surface area contributed by atoms with Crippen molar-refractivity contribution in [1.82, 2.24) is 25.0 Å². The highest BCUT2D eigenvalue weighted by atomic mass is 32.2. The summed E-state index contributed by atoms with van der Waals surface area (Å²) in [5, 5.41) is 10.7. The van der Waals surface area contributed by atoms with Crippen molar-refractivity contribution in [3.63, 3.8) is 0 Å². The van der Waals surface area contributed by atoms with Gasteiger partial charge in [-0.25, -0.2) is 14.9 Å². The fraction of sp³-hybridized carbons (Fsp3) is 0.214. The van der Waals surface area contributed by atoms with Crippen molar-refractivity contribution in [3.05, 3.63) is 39.8 Å². The number of amides is 1. The molecule has 0 atom stereocenters. The molecule has 3 aromatic rings. The van der Waals surface area contributed by atoms with Crippen molar-refractivity contribution in [2.45, 2.75) is 19.0 Å². The Hall–Kier alpha value is -2.26. The summed E-state index contributed by atoms with van der Waals surface area (Å²) in [5.41, 5.74) is 4.33. The maximum absolute atomic E-state index is 11.8. The fourth-order valence-electron chi connectivity index (χ4n) is 1.90. The van der Waals surface area contributed by atoms with Crippen LogP contribution in [-0.2, 0) is 4.79 Å². The van der Waals surface area contributed by atoms with Gasteiger partial charge in [0.25, 0.3) is 11.7 Å². The minimum atomic E-state index is -0.206. The van der Waals surface area contributed by atoms with Gasteiger partial charge in [-0.1, -0.05) is 17.8 Å². The van der Waals surface area contributed by atoms with Gasteiger partial charge in [0.1, 0.15) is 0 Å². The lowest BCUT2D eigenvalue weighted by Crippen LogP contribution is -2.19. The molecule has 0 aromatic carbocycles. The van der Waals surface area contributed by atoms with Crippen molar-refractivity contribution < 1.29 is 4.79 Å². The van der Waals surface area contributed by atoms with Gasteiger partial charge in [-0.15, -0.1) is 16.4 Å². The first-order valence-corrected chi connectivity index (χ1v) is 8.67. The monoisotopic (exact) mass is 346 g/mol. The zero-order chi connectivity index (χ0) is 16.2. The van der Waals surface area contributed by atoms with Gasteiger partial charge in [0.15, 0.2) is 0 Å². The zero-order valence-electron chi connectivity index (χ0n) is 12.6. The Morgan fingerprint density at radius 3 is 3.13 bits per heavy atom. The smallest absolute Gasteiger partial charge is 0.253 e. The Morgan fingerprint density at radius 2 is 2.35 bits per heavy atom. The van der Waals surface area contributed by atoms with Crippen LogP contribution in [0.4, 0.5) is 0 Å². The number of nitrogens with one attached hydrogen (secondary N) is 1. The van der Waals surface area contributed by atoms with Crippen LogP contribution in [-0.4, -0.2) is 37.5 Å². The molecule has 1 N–H and O–H groups in total. The van der Waals surface area contributed by atoms with Crippen molar-refractivity contribution in [2.24, 2.45) is 5.10 Å². The Bertz CT molecular complexity index is 856. The van der Waals surface area contributed by atoms with E-state index in [-0.39, 0.29) is 11.7 Å². The highest BCUT2D eigenvalue weighted by molar-refractivity contribution is 7.99. The molecule has 0 saturated carbocycles. The lowest BCUT2D eigenvalue weighted by molar-refractivity contribution is -0.118. The van der Waals surface area contributed by atoms with Gasteiger partial charge in [-0.05, 0) is 31.4 Å². The minimum Gasteiger partial charge on any atom is -0.272 e. The van der Waals surface area contributed by atoms with Crippen LogP contribution in [0.3, 0.4) is 0 Å². The molecule has 3 aromatic heterocycles. The van der Waals surface area contributed by atoms with Crippen molar-refractivity contribution in [3.8, 4) is 0 Å². The van der Waals surface area contributed by atoms with Crippen molar-refractivity contribution in [1.29, 1.82) is 0 Å². The van der Waals surface area contributed by atoms with Crippen molar-refractivity contribution >= 4 is 41.0 Å². The highest BCUT2D eigenvalue weighted by Gasteiger charge is 2.10. The van der Waals surface area contributed by atoms with E-state index in [0.717, 1.165) is 16.3 Å². The van der Waals surface area contributed by atoms with E-state index in [9.17, 15) is 4.79 Å². The van der Waals surface area contributed by atoms with Crippen molar-refractivity contribution in [2.75, 3.05) is 5.75 Å². The number of fused-ring (bicyclic) bond motifs is 1. The molecular weight excluding hydrogens is 332 g/mol. The molecular formula is C14H14N6OS2. The van der Waals surface area contributed by atoms with E-state index < -0.39 is 0 Å². The number of aryl methyl sites for hydroxylation is 2. The summed E-state index contributed by atoms with van der Waals surface area (Å²) in [5.74, 6) is 0.528. The second kappa shape index (κ2) is 6.88.